The molecule has 0 radical (unpaired) electrons. The predicted octanol–water partition coefficient (Wildman–Crippen LogP) is 3.70. The van der Waals surface area contributed by atoms with Gasteiger partial charge in [0.15, 0.2) is 6.61 Å². The molecule has 5 nitrogen and oxygen atoms in total. The molecule has 0 spiro atoms. The maximum atomic E-state index is 12.3. The van der Waals surface area contributed by atoms with Gasteiger partial charge in [-0.25, -0.2) is 0 Å². The van der Waals surface area contributed by atoms with Gasteiger partial charge in [0.25, 0.3) is 5.91 Å². The number of rotatable bonds is 8. The minimum Gasteiger partial charge on any atom is -0.497 e. The van der Waals surface area contributed by atoms with Crippen LogP contribution >= 0.6 is 11.6 Å². The number of esters is 1. The van der Waals surface area contributed by atoms with Crippen molar-refractivity contribution in [3.05, 3.63) is 64.7 Å². The van der Waals surface area contributed by atoms with Crippen LogP contribution < -0.4 is 10.1 Å². The number of hydrogen-bond acceptors (Lipinski definition) is 4. The molecule has 1 aliphatic carbocycles. The van der Waals surface area contributed by atoms with Crippen molar-refractivity contribution in [1.29, 1.82) is 0 Å². The molecule has 1 unspecified atom stereocenters. The van der Waals surface area contributed by atoms with Crippen LogP contribution in [-0.4, -0.2) is 25.6 Å². The summed E-state index contributed by atoms with van der Waals surface area (Å²) in [7, 11) is 1.62. The number of ether oxygens (including phenoxy) is 2. The molecular formula is C21H22ClNO4. The number of benzene rings is 2. The Morgan fingerprint density at radius 2 is 1.85 bits per heavy atom. The zero-order valence-electron chi connectivity index (χ0n) is 15.1. The topological polar surface area (TPSA) is 64.6 Å². The van der Waals surface area contributed by atoms with Gasteiger partial charge >= 0.3 is 5.97 Å². The fourth-order valence-corrected chi connectivity index (χ4v) is 3.13. The molecule has 6 heteroatoms. The summed E-state index contributed by atoms with van der Waals surface area (Å²) in [4.78, 5) is 24.2. The zero-order chi connectivity index (χ0) is 19.2. The third-order valence-electron chi connectivity index (χ3n) is 4.54. The molecule has 0 heterocycles. The lowest BCUT2D eigenvalue weighted by molar-refractivity contribution is -0.148. The first-order chi connectivity index (χ1) is 13.1. The molecule has 142 valence electrons. The lowest BCUT2D eigenvalue weighted by Crippen LogP contribution is -2.33. The molecule has 1 aliphatic rings. The number of halogens is 1. The van der Waals surface area contributed by atoms with Crippen LogP contribution in [0.5, 0.6) is 5.75 Å². The van der Waals surface area contributed by atoms with E-state index in [1.165, 1.54) is 0 Å². The van der Waals surface area contributed by atoms with E-state index >= 15 is 0 Å². The Hall–Kier alpha value is -2.53. The SMILES string of the molecule is COc1ccc(C(NC(=O)COC(=O)Cc2ccccc2Cl)C2CC2)cc1. The Labute approximate surface area is 163 Å². The van der Waals surface area contributed by atoms with E-state index in [4.69, 9.17) is 21.1 Å². The lowest BCUT2D eigenvalue weighted by Gasteiger charge is -2.19. The van der Waals surface area contributed by atoms with Crippen molar-refractivity contribution in [2.75, 3.05) is 13.7 Å². The number of nitrogens with one attached hydrogen (secondary N) is 1. The van der Waals surface area contributed by atoms with Crippen molar-refractivity contribution in [3.63, 3.8) is 0 Å². The van der Waals surface area contributed by atoms with E-state index in [1.807, 2.05) is 24.3 Å². The number of methoxy groups -OCH3 is 1. The van der Waals surface area contributed by atoms with E-state index in [1.54, 1.807) is 31.4 Å². The third-order valence-corrected chi connectivity index (χ3v) is 4.91. The molecule has 0 bridgehead atoms. The van der Waals surface area contributed by atoms with Crippen molar-refractivity contribution in [3.8, 4) is 5.75 Å². The normalized spacial score (nSPS) is 14.3. The standard InChI is InChI=1S/C21H22ClNO4/c1-26-17-10-8-15(9-11-17)21(14-6-7-14)23-19(24)13-27-20(25)12-16-4-2-3-5-18(16)22/h2-5,8-11,14,21H,6-7,12-13H2,1H3,(H,23,24). The first-order valence-electron chi connectivity index (χ1n) is 8.89. The molecule has 0 aliphatic heterocycles. The van der Waals surface area contributed by atoms with Crippen molar-refractivity contribution in [1.82, 2.24) is 5.32 Å². The van der Waals surface area contributed by atoms with Gasteiger partial charge < -0.3 is 14.8 Å². The van der Waals surface area contributed by atoms with Crippen LogP contribution in [0.3, 0.4) is 0 Å². The monoisotopic (exact) mass is 387 g/mol. The molecule has 2 aromatic carbocycles. The van der Waals surface area contributed by atoms with Gasteiger partial charge in [-0.1, -0.05) is 41.9 Å². The summed E-state index contributed by atoms with van der Waals surface area (Å²) in [6, 6.07) is 14.6. The van der Waals surface area contributed by atoms with Gasteiger partial charge in [-0.3, -0.25) is 9.59 Å². The maximum absolute atomic E-state index is 12.3. The van der Waals surface area contributed by atoms with Crippen LogP contribution in [-0.2, 0) is 20.7 Å². The van der Waals surface area contributed by atoms with Crippen LogP contribution in [0.15, 0.2) is 48.5 Å². The molecule has 1 saturated carbocycles. The maximum Gasteiger partial charge on any atom is 0.310 e. The Morgan fingerprint density at radius 1 is 1.15 bits per heavy atom. The fourth-order valence-electron chi connectivity index (χ4n) is 2.92. The first-order valence-corrected chi connectivity index (χ1v) is 9.27. The van der Waals surface area contributed by atoms with E-state index in [0.717, 1.165) is 24.2 Å². The van der Waals surface area contributed by atoms with Crippen LogP contribution in [0.1, 0.15) is 30.0 Å². The van der Waals surface area contributed by atoms with E-state index in [9.17, 15) is 9.59 Å². The lowest BCUT2D eigenvalue weighted by atomic mass is 10.0. The average molecular weight is 388 g/mol. The summed E-state index contributed by atoms with van der Waals surface area (Å²) in [5.74, 6) is 0.398. The third kappa shape index (κ3) is 5.47. The molecule has 1 amide bonds. The summed E-state index contributed by atoms with van der Waals surface area (Å²) in [6.07, 6.45) is 2.18. The summed E-state index contributed by atoms with van der Waals surface area (Å²) >= 11 is 6.04. The summed E-state index contributed by atoms with van der Waals surface area (Å²) in [6.45, 7) is -0.303. The van der Waals surface area contributed by atoms with Crippen LogP contribution in [0.2, 0.25) is 5.02 Å². The van der Waals surface area contributed by atoms with Crippen molar-refractivity contribution >= 4 is 23.5 Å². The highest BCUT2D eigenvalue weighted by Gasteiger charge is 2.33. The highest BCUT2D eigenvalue weighted by atomic mass is 35.5. The zero-order valence-corrected chi connectivity index (χ0v) is 15.9. The average Bonchev–Trinajstić information content (AvgIpc) is 3.51. The van der Waals surface area contributed by atoms with Crippen molar-refractivity contribution in [2.45, 2.75) is 25.3 Å². The largest absolute Gasteiger partial charge is 0.497 e. The van der Waals surface area contributed by atoms with Gasteiger partial charge in [0.2, 0.25) is 0 Å². The van der Waals surface area contributed by atoms with Crippen molar-refractivity contribution in [2.24, 2.45) is 5.92 Å². The molecule has 0 saturated heterocycles. The number of hydrogen-bond donors (Lipinski definition) is 1. The second-order valence-electron chi connectivity index (χ2n) is 6.58. The van der Waals surface area contributed by atoms with Gasteiger partial charge in [-0.15, -0.1) is 0 Å². The Morgan fingerprint density at radius 3 is 2.48 bits per heavy atom. The fraction of sp³-hybridized carbons (Fsp3) is 0.333. The second kappa shape index (κ2) is 8.91. The minimum absolute atomic E-state index is 0.0392. The molecular weight excluding hydrogens is 366 g/mol. The second-order valence-corrected chi connectivity index (χ2v) is 6.99. The van der Waals surface area contributed by atoms with E-state index in [2.05, 4.69) is 5.32 Å². The highest BCUT2D eigenvalue weighted by molar-refractivity contribution is 6.31. The molecule has 2 aromatic rings. The van der Waals surface area contributed by atoms with E-state index < -0.39 is 5.97 Å². The number of amides is 1. The Kier molecular flexibility index (Phi) is 6.35. The van der Waals surface area contributed by atoms with Gasteiger partial charge in [0, 0.05) is 5.02 Å². The van der Waals surface area contributed by atoms with Crippen LogP contribution in [0.25, 0.3) is 0 Å². The van der Waals surface area contributed by atoms with Gasteiger partial charge in [-0.05, 0) is 48.1 Å². The van der Waals surface area contributed by atoms with E-state index in [-0.39, 0.29) is 25.0 Å². The molecule has 1 atom stereocenters. The quantitative estimate of drug-likeness (QED) is 0.701. The van der Waals surface area contributed by atoms with Gasteiger partial charge in [0.05, 0.1) is 19.6 Å². The Balaban J connectivity index is 1.52. The molecule has 27 heavy (non-hydrogen) atoms. The van der Waals surface area contributed by atoms with E-state index in [0.29, 0.717) is 16.5 Å². The van der Waals surface area contributed by atoms with Gasteiger partial charge in [0.1, 0.15) is 5.75 Å². The van der Waals surface area contributed by atoms with Gasteiger partial charge in [-0.2, -0.15) is 0 Å². The summed E-state index contributed by atoms with van der Waals surface area (Å²) < 4.78 is 10.3. The molecule has 3 rings (SSSR count). The minimum atomic E-state index is -0.481. The van der Waals surface area contributed by atoms with Crippen molar-refractivity contribution < 1.29 is 19.1 Å². The first kappa shape index (κ1) is 19.2. The molecule has 0 aromatic heterocycles. The molecule has 1 fully saturated rings. The van der Waals surface area contributed by atoms with Crippen LogP contribution in [0, 0.1) is 5.92 Å². The summed E-state index contributed by atoms with van der Waals surface area (Å²) in [5, 5.41) is 3.49. The molecule has 1 N–H and O–H groups in total. The predicted molar refractivity (Wildman–Crippen MR) is 103 cm³/mol. The smallest absolute Gasteiger partial charge is 0.310 e. The van der Waals surface area contributed by atoms with Crippen LogP contribution in [0.4, 0.5) is 0 Å². The number of carbonyl (C=O) groups is 2. The summed E-state index contributed by atoms with van der Waals surface area (Å²) in [5.41, 5.74) is 1.70. The number of carbonyl (C=O) groups excluding carboxylic acids is 2. The highest BCUT2D eigenvalue weighted by Crippen LogP contribution is 2.41. The Bertz CT molecular complexity index is 802.